The van der Waals surface area contributed by atoms with Gasteiger partial charge in [0.2, 0.25) is 0 Å². The maximum absolute atomic E-state index is 13.6. The van der Waals surface area contributed by atoms with Crippen molar-refractivity contribution in [3.05, 3.63) is 66.7 Å². The van der Waals surface area contributed by atoms with Crippen LogP contribution in [0, 0.1) is 5.82 Å². The first-order chi connectivity index (χ1) is 7.84. The minimum absolute atomic E-state index is 0.182. The lowest BCUT2D eigenvalue weighted by molar-refractivity contribution is 0.631. The first-order valence-corrected chi connectivity index (χ1v) is 5.16. The summed E-state index contributed by atoms with van der Waals surface area (Å²) in [7, 11) is 0. The molecule has 0 aliphatic carbocycles. The van der Waals surface area contributed by atoms with Gasteiger partial charge in [-0.2, -0.15) is 0 Å². The van der Waals surface area contributed by atoms with Gasteiger partial charge in [0, 0.05) is 29.0 Å². The van der Waals surface area contributed by atoms with E-state index in [4.69, 9.17) is 0 Å². The zero-order valence-electron chi connectivity index (χ0n) is 8.60. The fraction of sp³-hybridized carbons (Fsp3) is 0. The Balaban J connectivity index is 2.23. The van der Waals surface area contributed by atoms with Crippen LogP contribution in [0.25, 0.3) is 16.6 Å². The van der Waals surface area contributed by atoms with Gasteiger partial charge in [0.15, 0.2) is 0 Å². The molecule has 0 radical (unpaired) electrons. The summed E-state index contributed by atoms with van der Waals surface area (Å²) in [6.07, 6.45) is 3.90. The molecule has 0 aliphatic heterocycles. The average Bonchev–Trinajstić information content (AvgIpc) is 2.73. The van der Waals surface area contributed by atoms with Crippen LogP contribution in [0.5, 0.6) is 0 Å². The van der Waals surface area contributed by atoms with Crippen LogP contribution < -0.4 is 0 Å². The Hall–Kier alpha value is -2.09. The number of pyridine rings is 1. The molecule has 1 nitrogen and oxygen atoms in total. The lowest BCUT2D eigenvalue weighted by Gasteiger charge is -1.97. The van der Waals surface area contributed by atoms with Crippen LogP contribution in [0.3, 0.4) is 0 Å². The van der Waals surface area contributed by atoms with E-state index in [1.54, 1.807) is 12.1 Å². The summed E-state index contributed by atoms with van der Waals surface area (Å²) < 4.78 is 15.6. The van der Waals surface area contributed by atoms with Gasteiger partial charge in [-0.05, 0) is 24.3 Å². The number of halogens is 1. The van der Waals surface area contributed by atoms with Crippen molar-refractivity contribution in [2.45, 2.75) is 0 Å². The van der Waals surface area contributed by atoms with Crippen LogP contribution in [-0.4, -0.2) is 4.40 Å². The zero-order valence-corrected chi connectivity index (χ0v) is 8.60. The Morgan fingerprint density at radius 2 is 1.75 bits per heavy atom. The summed E-state index contributed by atoms with van der Waals surface area (Å²) in [4.78, 5) is 0. The van der Waals surface area contributed by atoms with Crippen molar-refractivity contribution in [2.75, 3.05) is 0 Å². The minimum atomic E-state index is -0.182. The van der Waals surface area contributed by atoms with E-state index < -0.39 is 0 Å². The first kappa shape index (κ1) is 9.16. The third-order valence-corrected chi connectivity index (χ3v) is 2.69. The van der Waals surface area contributed by atoms with Crippen LogP contribution in [0.4, 0.5) is 4.39 Å². The Morgan fingerprint density at radius 1 is 0.938 bits per heavy atom. The third kappa shape index (κ3) is 1.39. The quantitative estimate of drug-likeness (QED) is 0.577. The van der Waals surface area contributed by atoms with Crippen molar-refractivity contribution >= 4 is 5.52 Å². The molecular weight excluding hydrogens is 201 g/mol. The van der Waals surface area contributed by atoms with E-state index >= 15 is 0 Å². The maximum Gasteiger partial charge on any atom is 0.131 e. The first-order valence-electron chi connectivity index (χ1n) is 5.16. The van der Waals surface area contributed by atoms with Gasteiger partial charge in [-0.15, -0.1) is 0 Å². The van der Waals surface area contributed by atoms with E-state index in [1.165, 1.54) is 6.07 Å². The summed E-state index contributed by atoms with van der Waals surface area (Å²) in [5, 5.41) is 0. The van der Waals surface area contributed by atoms with Crippen LogP contribution in [-0.2, 0) is 0 Å². The van der Waals surface area contributed by atoms with Crippen molar-refractivity contribution in [2.24, 2.45) is 0 Å². The SMILES string of the molecule is Fc1ccccc1-c1cc2ccccn2c1. The second-order valence-electron chi connectivity index (χ2n) is 3.74. The van der Waals surface area contributed by atoms with E-state index in [9.17, 15) is 4.39 Å². The Morgan fingerprint density at radius 3 is 2.56 bits per heavy atom. The molecule has 78 valence electrons. The predicted octanol–water partition coefficient (Wildman–Crippen LogP) is 3.75. The molecule has 16 heavy (non-hydrogen) atoms. The second kappa shape index (κ2) is 3.49. The van der Waals surface area contributed by atoms with E-state index in [0.717, 1.165) is 11.1 Å². The molecule has 0 fully saturated rings. The van der Waals surface area contributed by atoms with Crippen LogP contribution in [0.15, 0.2) is 60.9 Å². The van der Waals surface area contributed by atoms with Gasteiger partial charge in [0.25, 0.3) is 0 Å². The number of fused-ring (bicyclic) bond motifs is 1. The van der Waals surface area contributed by atoms with E-state index in [-0.39, 0.29) is 5.82 Å². The van der Waals surface area contributed by atoms with Gasteiger partial charge in [-0.25, -0.2) is 4.39 Å². The average molecular weight is 211 g/mol. The number of aromatic nitrogens is 1. The molecule has 0 spiro atoms. The Bertz CT molecular complexity index is 607. The van der Waals surface area contributed by atoms with Crippen molar-refractivity contribution < 1.29 is 4.39 Å². The molecule has 0 unspecified atom stereocenters. The van der Waals surface area contributed by atoms with E-state index in [2.05, 4.69) is 0 Å². The molecule has 2 heterocycles. The number of nitrogens with zero attached hydrogens (tertiary/aromatic N) is 1. The molecule has 3 rings (SSSR count). The number of hydrogen-bond acceptors (Lipinski definition) is 0. The van der Waals surface area contributed by atoms with Crippen molar-refractivity contribution in [1.29, 1.82) is 0 Å². The zero-order chi connectivity index (χ0) is 11.0. The van der Waals surface area contributed by atoms with Gasteiger partial charge in [-0.3, -0.25) is 0 Å². The minimum Gasteiger partial charge on any atom is -0.323 e. The summed E-state index contributed by atoms with van der Waals surface area (Å²) in [5.74, 6) is -0.182. The topological polar surface area (TPSA) is 4.41 Å². The van der Waals surface area contributed by atoms with Gasteiger partial charge in [-0.1, -0.05) is 24.3 Å². The van der Waals surface area contributed by atoms with E-state index in [1.807, 2.05) is 47.1 Å². The molecule has 0 aliphatic rings. The second-order valence-corrected chi connectivity index (χ2v) is 3.74. The number of benzene rings is 1. The monoisotopic (exact) mass is 211 g/mol. The highest BCUT2D eigenvalue weighted by Gasteiger charge is 2.05. The van der Waals surface area contributed by atoms with Gasteiger partial charge in [0.05, 0.1) is 0 Å². The van der Waals surface area contributed by atoms with Crippen LogP contribution in [0.1, 0.15) is 0 Å². The Labute approximate surface area is 92.8 Å². The van der Waals surface area contributed by atoms with Crippen LogP contribution in [0.2, 0.25) is 0 Å². The highest BCUT2D eigenvalue weighted by Crippen LogP contribution is 2.24. The standard InChI is InChI=1S/C14H10FN/c15-14-7-2-1-6-13(14)11-9-12-5-3-4-8-16(12)10-11/h1-10H. The highest BCUT2D eigenvalue weighted by molar-refractivity contribution is 5.70. The van der Waals surface area contributed by atoms with Crippen molar-refractivity contribution in [3.63, 3.8) is 0 Å². The van der Waals surface area contributed by atoms with Crippen molar-refractivity contribution in [1.82, 2.24) is 4.40 Å². The summed E-state index contributed by atoms with van der Waals surface area (Å²) in [6, 6.07) is 14.7. The highest BCUT2D eigenvalue weighted by atomic mass is 19.1. The molecule has 1 aromatic carbocycles. The molecule has 0 amide bonds. The number of hydrogen-bond donors (Lipinski definition) is 0. The largest absolute Gasteiger partial charge is 0.323 e. The fourth-order valence-corrected chi connectivity index (χ4v) is 1.90. The molecule has 0 saturated heterocycles. The number of rotatable bonds is 1. The molecule has 2 aromatic heterocycles. The molecule has 3 aromatic rings. The predicted molar refractivity (Wildman–Crippen MR) is 62.8 cm³/mol. The molecule has 0 atom stereocenters. The summed E-state index contributed by atoms with van der Waals surface area (Å²) in [6.45, 7) is 0. The maximum atomic E-state index is 13.6. The van der Waals surface area contributed by atoms with Crippen LogP contribution >= 0.6 is 0 Å². The smallest absolute Gasteiger partial charge is 0.131 e. The summed E-state index contributed by atoms with van der Waals surface area (Å²) in [5.41, 5.74) is 2.62. The normalized spacial score (nSPS) is 10.8. The lowest BCUT2D eigenvalue weighted by Crippen LogP contribution is -1.80. The molecule has 2 heteroatoms. The van der Waals surface area contributed by atoms with Gasteiger partial charge >= 0.3 is 0 Å². The Kier molecular flexibility index (Phi) is 2.00. The molecular formula is C14H10FN. The fourth-order valence-electron chi connectivity index (χ4n) is 1.90. The molecule has 0 N–H and O–H groups in total. The van der Waals surface area contributed by atoms with Gasteiger partial charge in [0.1, 0.15) is 5.82 Å². The molecule has 0 bridgehead atoms. The lowest BCUT2D eigenvalue weighted by atomic mass is 10.1. The van der Waals surface area contributed by atoms with E-state index in [0.29, 0.717) is 5.56 Å². The van der Waals surface area contributed by atoms with Crippen molar-refractivity contribution in [3.8, 4) is 11.1 Å². The summed E-state index contributed by atoms with van der Waals surface area (Å²) >= 11 is 0. The van der Waals surface area contributed by atoms with Gasteiger partial charge < -0.3 is 4.40 Å². The third-order valence-electron chi connectivity index (χ3n) is 2.69. The molecule has 0 saturated carbocycles.